The van der Waals surface area contributed by atoms with Gasteiger partial charge in [0.05, 0.1) is 30.9 Å². The Balaban J connectivity index is 1.54. The van der Waals surface area contributed by atoms with Crippen LogP contribution in [0.5, 0.6) is 5.88 Å². The third-order valence-electron chi connectivity index (χ3n) is 3.52. The number of rotatable bonds is 4. The minimum absolute atomic E-state index is 0.0283. The van der Waals surface area contributed by atoms with Gasteiger partial charge in [0, 0.05) is 31.8 Å². The average molecular weight is 287 g/mol. The molecule has 0 aromatic carbocycles. The van der Waals surface area contributed by atoms with Crippen molar-refractivity contribution in [1.82, 2.24) is 25.6 Å². The highest BCUT2D eigenvalue weighted by atomic mass is 16.5. The number of aromatic amines is 1. The Morgan fingerprint density at radius 1 is 1.48 bits per heavy atom. The summed E-state index contributed by atoms with van der Waals surface area (Å²) in [6, 6.07) is 3.41. The molecule has 2 aromatic rings. The molecule has 1 atom stereocenters. The summed E-state index contributed by atoms with van der Waals surface area (Å²) in [5, 5.41) is 6.11. The molecule has 1 unspecified atom stereocenters. The number of amides is 1. The lowest BCUT2D eigenvalue weighted by atomic mass is 10.0. The van der Waals surface area contributed by atoms with E-state index in [9.17, 15) is 4.79 Å². The summed E-state index contributed by atoms with van der Waals surface area (Å²) in [7, 11) is 1.57. The van der Waals surface area contributed by atoms with Crippen molar-refractivity contribution >= 4 is 5.91 Å². The molecule has 21 heavy (non-hydrogen) atoms. The number of methoxy groups -OCH3 is 1. The molecule has 1 aliphatic rings. The van der Waals surface area contributed by atoms with Gasteiger partial charge in [-0.1, -0.05) is 6.07 Å². The van der Waals surface area contributed by atoms with Crippen LogP contribution >= 0.6 is 0 Å². The number of pyridine rings is 1. The second-order valence-electron chi connectivity index (χ2n) is 4.89. The number of nitrogens with zero attached hydrogens (tertiary/aromatic N) is 2. The quantitative estimate of drug-likeness (QED) is 0.744. The van der Waals surface area contributed by atoms with Crippen LogP contribution in [-0.2, 0) is 24.3 Å². The first-order valence-corrected chi connectivity index (χ1v) is 6.77. The van der Waals surface area contributed by atoms with Crippen LogP contribution < -0.4 is 15.4 Å². The van der Waals surface area contributed by atoms with Gasteiger partial charge in [0.25, 0.3) is 0 Å². The molecule has 3 heterocycles. The summed E-state index contributed by atoms with van der Waals surface area (Å²) in [5.74, 6) is 0.532. The minimum atomic E-state index is -0.244. The van der Waals surface area contributed by atoms with Crippen molar-refractivity contribution in [1.29, 1.82) is 0 Å². The average Bonchev–Trinajstić information content (AvgIpc) is 3.00. The van der Waals surface area contributed by atoms with Gasteiger partial charge >= 0.3 is 0 Å². The molecule has 0 saturated heterocycles. The molecular formula is C14H17N5O2. The van der Waals surface area contributed by atoms with Crippen molar-refractivity contribution in [3.63, 3.8) is 0 Å². The van der Waals surface area contributed by atoms with Gasteiger partial charge in [-0.3, -0.25) is 10.1 Å². The van der Waals surface area contributed by atoms with E-state index in [1.165, 1.54) is 0 Å². The largest absolute Gasteiger partial charge is 0.481 e. The number of hydrogen-bond donors (Lipinski definition) is 3. The molecule has 0 radical (unpaired) electrons. The number of carbonyl (C=O) groups is 1. The van der Waals surface area contributed by atoms with Crippen molar-refractivity contribution in [2.24, 2.45) is 0 Å². The predicted molar refractivity (Wildman–Crippen MR) is 75.6 cm³/mol. The SMILES string of the molecule is COc1ccc(CNC(=O)C2Cc3nc[nH]c3CN2)cn1. The molecule has 1 aliphatic heterocycles. The van der Waals surface area contributed by atoms with Crippen LogP contribution in [0.4, 0.5) is 0 Å². The van der Waals surface area contributed by atoms with Crippen molar-refractivity contribution in [2.45, 2.75) is 25.6 Å². The molecule has 2 aromatic heterocycles. The van der Waals surface area contributed by atoms with Gasteiger partial charge in [0.2, 0.25) is 11.8 Å². The van der Waals surface area contributed by atoms with Crippen LogP contribution in [0, 0.1) is 0 Å². The molecule has 1 amide bonds. The summed E-state index contributed by atoms with van der Waals surface area (Å²) in [5.41, 5.74) is 2.94. The van der Waals surface area contributed by atoms with E-state index in [0.29, 0.717) is 25.4 Å². The molecular weight excluding hydrogens is 270 g/mol. The Morgan fingerprint density at radius 3 is 3.14 bits per heavy atom. The van der Waals surface area contributed by atoms with Gasteiger partial charge in [-0.25, -0.2) is 9.97 Å². The second-order valence-corrected chi connectivity index (χ2v) is 4.89. The fraction of sp³-hybridized carbons (Fsp3) is 0.357. The number of ether oxygens (including phenoxy) is 1. The lowest BCUT2D eigenvalue weighted by Crippen LogP contribution is -2.47. The van der Waals surface area contributed by atoms with E-state index in [1.807, 2.05) is 6.07 Å². The highest BCUT2D eigenvalue weighted by Crippen LogP contribution is 2.12. The van der Waals surface area contributed by atoms with Crippen LogP contribution in [0.15, 0.2) is 24.7 Å². The first-order chi connectivity index (χ1) is 10.3. The zero-order valence-corrected chi connectivity index (χ0v) is 11.7. The number of nitrogens with one attached hydrogen (secondary N) is 3. The van der Waals surface area contributed by atoms with Crippen molar-refractivity contribution in [3.8, 4) is 5.88 Å². The number of imidazole rings is 1. The summed E-state index contributed by atoms with van der Waals surface area (Å²) in [6.07, 6.45) is 3.96. The molecule has 7 nitrogen and oxygen atoms in total. The summed E-state index contributed by atoms with van der Waals surface area (Å²) in [6.45, 7) is 1.08. The van der Waals surface area contributed by atoms with E-state index in [1.54, 1.807) is 25.7 Å². The normalized spacial score (nSPS) is 17.1. The minimum Gasteiger partial charge on any atom is -0.481 e. The van der Waals surface area contributed by atoms with E-state index >= 15 is 0 Å². The van der Waals surface area contributed by atoms with E-state index in [0.717, 1.165) is 17.0 Å². The molecule has 110 valence electrons. The molecule has 3 N–H and O–H groups in total. The Bertz CT molecular complexity index is 623. The Morgan fingerprint density at radius 2 is 2.38 bits per heavy atom. The molecule has 0 saturated carbocycles. The Kier molecular flexibility index (Phi) is 3.83. The predicted octanol–water partition coefficient (Wildman–Crippen LogP) is 0.144. The maximum atomic E-state index is 12.2. The van der Waals surface area contributed by atoms with Crippen molar-refractivity contribution in [2.75, 3.05) is 7.11 Å². The standard InChI is InChI=1S/C14H17N5O2/c1-21-13-3-2-9(5-16-13)6-17-14(20)11-4-10-12(7-15-11)19-8-18-10/h2-3,5,8,11,15H,4,6-7H2,1H3,(H,17,20)(H,18,19). The Hall–Kier alpha value is -2.41. The lowest BCUT2D eigenvalue weighted by Gasteiger charge is -2.22. The van der Waals surface area contributed by atoms with Gasteiger partial charge < -0.3 is 15.0 Å². The number of aromatic nitrogens is 3. The Labute approximate surface area is 122 Å². The van der Waals surface area contributed by atoms with Gasteiger partial charge in [-0.15, -0.1) is 0 Å². The molecule has 0 spiro atoms. The molecule has 0 bridgehead atoms. The first-order valence-electron chi connectivity index (χ1n) is 6.77. The van der Waals surface area contributed by atoms with E-state index < -0.39 is 0 Å². The highest BCUT2D eigenvalue weighted by Gasteiger charge is 2.25. The maximum Gasteiger partial charge on any atom is 0.237 e. The van der Waals surface area contributed by atoms with Gasteiger partial charge in [-0.2, -0.15) is 0 Å². The van der Waals surface area contributed by atoms with Crippen LogP contribution in [0.2, 0.25) is 0 Å². The summed E-state index contributed by atoms with van der Waals surface area (Å²) in [4.78, 5) is 23.6. The van der Waals surface area contributed by atoms with Crippen molar-refractivity contribution < 1.29 is 9.53 Å². The zero-order valence-electron chi connectivity index (χ0n) is 11.7. The number of H-pyrrole nitrogens is 1. The lowest BCUT2D eigenvalue weighted by molar-refractivity contribution is -0.123. The van der Waals surface area contributed by atoms with Crippen LogP contribution in [0.25, 0.3) is 0 Å². The number of hydrogen-bond acceptors (Lipinski definition) is 5. The van der Waals surface area contributed by atoms with Crippen LogP contribution in [-0.4, -0.2) is 34.0 Å². The third-order valence-corrected chi connectivity index (χ3v) is 3.52. The molecule has 0 aliphatic carbocycles. The monoisotopic (exact) mass is 287 g/mol. The zero-order chi connectivity index (χ0) is 14.7. The second kappa shape index (κ2) is 5.92. The van der Waals surface area contributed by atoms with Crippen LogP contribution in [0.1, 0.15) is 17.0 Å². The van der Waals surface area contributed by atoms with E-state index in [4.69, 9.17) is 4.74 Å². The molecule has 3 rings (SSSR count). The summed E-state index contributed by atoms with van der Waals surface area (Å²) < 4.78 is 5.00. The maximum absolute atomic E-state index is 12.2. The van der Waals surface area contributed by atoms with E-state index in [-0.39, 0.29) is 11.9 Å². The number of carbonyl (C=O) groups excluding carboxylic acids is 1. The fourth-order valence-corrected chi connectivity index (χ4v) is 2.30. The van der Waals surface area contributed by atoms with Crippen molar-refractivity contribution in [3.05, 3.63) is 41.6 Å². The van der Waals surface area contributed by atoms with Gasteiger partial charge in [-0.05, 0) is 5.56 Å². The molecule has 0 fully saturated rings. The highest BCUT2D eigenvalue weighted by molar-refractivity contribution is 5.82. The smallest absolute Gasteiger partial charge is 0.237 e. The topological polar surface area (TPSA) is 91.9 Å². The van der Waals surface area contributed by atoms with E-state index in [2.05, 4.69) is 25.6 Å². The fourth-order valence-electron chi connectivity index (χ4n) is 2.30. The number of fused-ring (bicyclic) bond motifs is 1. The summed E-state index contributed by atoms with van der Waals surface area (Å²) >= 11 is 0. The molecule has 7 heteroatoms. The van der Waals surface area contributed by atoms with Crippen LogP contribution in [0.3, 0.4) is 0 Å². The third kappa shape index (κ3) is 3.03. The first kappa shape index (κ1) is 13.6. The van der Waals surface area contributed by atoms with Gasteiger partial charge in [0.15, 0.2) is 0 Å². The van der Waals surface area contributed by atoms with Gasteiger partial charge in [0.1, 0.15) is 0 Å².